The Kier molecular flexibility index (Phi) is 4.31. The highest BCUT2D eigenvalue weighted by atomic mass is 14.8. The van der Waals surface area contributed by atoms with Gasteiger partial charge in [0.2, 0.25) is 0 Å². The van der Waals surface area contributed by atoms with Crippen molar-refractivity contribution >= 4 is 17.1 Å². The minimum atomic E-state index is 0.0502. The van der Waals surface area contributed by atoms with E-state index < -0.39 is 0 Å². The zero-order chi connectivity index (χ0) is 13.7. The van der Waals surface area contributed by atoms with Crippen molar-refractivity contribution in [2.45, 2.75) is 45.6 Å². The first-order valence-electron chi connectivity index (χ1n) is 6.92. The Morgan fingerprint density at radius 3 is 2.84 bits per heavy atom. The number of unbranched alkanes of at least 4 members (excludes halogenated alkanes) is 1. The Bertz CT molecular complexity index is 565. The van der Waals surface area contributed by atoms with E-state index in [0.29, 0.717) is 0 Å². The number of aliphatic imine (C=N–C) groups is 1. The second kappa shape index (κ2) is 5.96. The summed E-state index contributed by atoms with van der Waals surface area (Å²) in [5.74, 6) is 0. The van der Waals surface area contributed by atoms with Gasteiger partial charge in [-0.3, -0.25) is 9.98 Å². The van der Waals surface area contributed by atoms with Crippen molar-refractivity contribution in [2.24, 2.45) is 4.99 Å². The van der Waals surface area contributed by atoms with Gasteiger partial charge in [-0.1, -0.05) is 12.1 Å². The van der Waals surface area contributed by atoms with Gasteiger partial charge in [0.05, 0.1) is 11.1 Å². The molecular weight excluding hydrogens is 232 g/mol. The summed E-state index contributed by atoms with van der Waals surface area (Å²) in [6, 6.07) is 10.6. The van der Waals surface area contributed by atoms with Gasteiger partial charge >= 0.3 is 0 Å². The van der Waals surface area contributed by atoms with Crippen LogP contribution in [-0.2, 0) is 6.42 Å². The number of fused-ring (bicyclic) bond motifs is 1. The van der Waals surface area contributed by atoms with Gasteiger partial charge in [-0.15, -0.1) is 0 Å². The molecule has 1 aromatic heterocycles. The normalized spacial score (nSPS) is 12.4. The van der Waals surface area contributed by atoms with Gasteiger partial charge in [-0.05, 0) is 70.0 Å². The van der Waals surface area contributed by atoms with E-state index >= 15 is 0 Å². The van der Waals surface area contributed by atoms with Gasteiger partial charge < -0.3 is 0 Å². The Hall–Kier alpha value is -1.70. The third-order valence-corrected chi connectivity index (χ3v) is 2.94. The highest BCUT2D eigenvalue weighted by molar-refractivity contribution is 5.78. The molecule has 0 bridgehead atoms. The molecule has 2 rings (SSSR count). The third kappa shape index (κ3) is 4.47. The standard InChI is InChI=1S/C17H22N2/c1-17(2,3)19-12-5-4-7-14-9-10-16-15(13-14)8-6-11-18-16/h6,8-13H,4-5,7H2,1-3H3. The van der Waals surface area contributed by atoms with Crippen LogP contribution in [-0.4, -0.2) is 16.7 Å². The van der Waals surface area contributed by atoms with E-state index in [0.717, 1.165) is 24.8 Å². The lowest BCUT2D eigenvalue weighted by Crippen LogP contribution is -2.09. The SMILES string of the molecule is CC(C)(C)N=CCCCc1ccc2ncccc2c1. The van der Waals surface area contributed by atoms with Gasteiger partial charge in [0.25, 0.3) is 0 Å². The lowest BCUT2D eigenvalue weighted by atomic mass is 10.1. The van der Waals surface area contributed by atoms with Crippen LogP contribution in [0.2, 0.25) is 0 Å². The second-order valence-corrected chi connectivity index (χ2v) is 5.91. The Morgan fingerprint density at radius 1 is 1.21 bits per heavy atom. The van der Waals surface area contributed by atoms with E-state index in [1.54, 1.807) is 0 Å². The maximum absolute atomic E-state index is 4.50. The Morgan fingerprint density at radius 2 is 2.05 bits per heavy atom. The number of pyridine rings is 1. The summed E-state index contributed by atoms with van der Waals surface area (Å²) in [5, 5.41) is 1.23. The average Bonchev–Trinajstić information content (AvgIpc) is 2.37. The number of aryl methyl sites for hydroxylation is 1. The maximum Gasteiger partial charge on any atom is 0.0702 e. The fourth-order valence-corrected chi connectivity index (χ4v) is 2.02. The fraction of sp³-hybridized carbons (Fsp3) is 0.412. The van der Waals surface area contributed by atoms with Crippen LogP contribution in [0.15, 0.2) is 41.5 Å². The van der Waals surface area contributed by atoms with Crippen molar-refractivity contribution in [3.8, 4) is 0 Å². The van der Waals surface area contributed by atoms with Gasteiger partial charge in [-0.2, -0.15) is 0 Å². The molecule has 2 nitrogen and oxygen atoms in total. The number of aromatic nitrogens is 1. The summed E-state index contributed by atoms with van der Waals surface area (Å²) in [6.45, 7) is 6.37. The van der Waals surface area contributed by atoms with E-state index in [1.165, 1.54) is 10.9 Å². The molecule has 100 valence electrons. The molecule has 0 saturated heterocycles. The van der Waals surface area contributed by atoms with Crippen LogP contribution in [0.4, 0.5) is 0 Å². The summed E-state index contributed by atoms with van der Waals surface area (Å²) in [5.41, 5.74) is 2.50. The summed E-state index contributed by atoms with van der Waals surface area (Å²) in [6.07, 6.45) is 7.18. The first-order valence-corrected chi connectivity index (χ1v) is 6.92. The van der Waals surface area contributed by atoms with Crippen molar-refractivity contribution in [3.05, 3.63) is 42.1 Å². The number of benzene rings is 1. The predicted molar refractivity (Wildman–Crippen MR) is 82.9 cm³/mol. The van der Waals surface area contributed by atoms with Crippen molar-refractivity contribution in [3.63, 3.8) is 0 Å². The molecule has 0 atom stereocenters. The molecule has 0 fully saturated rings. The van der Waals surface area contributed by atoms with Crippen molar-refractivity contribution in [1.82, 2.24) is 4.98 Å². The monoisotopic (exact) mass is 254 g/mol. The first kappa shape index (κ1) is 13.7. The number of nitrogens with zero attached hydrogens (tertiary/aromatic N) is 2. The van der Waals surface area contributed by atoms with Gasteiger partial charge in [-0.25, -0.2) is 0 Å². The maximum atomic E-state index is 4.50. The van der Waals surface area contributed by atoms with E-state index in [2.05, 4.69) is 61.2 Å². The minimum absolute atomic E-state index is 0.0502. The lowest BCUT2D eigenvalue weighted by Gasteiger charge is -2.10. The second-order valence-electron chi connectivity index (χ2n) is 5.91. The zero-order valence-electron chi connectivity index (χ0n) is 12.1. The molecule has 1 heterocycles. The van der Waals surface area contributed by atoms with Crippen LogP contribution in [0.5, 0.6) is 0 Å². The number of hydrogen-bond donors (Lipinski definition) is 0. The summed E-state index contributed by atoms with van der Waals surface area (Å²) in [4.78, 5) is 8.84. The predicted octanol–water partition coefficient (Wildman–Crippen LogP) is 4.43. The van der Waals surface area contributed by atoms with Crippen LogP contribution >= 0.6 is 0 Å². The molecule has 19 heavy (non-hydrogen) atoms. The molecular formula is C17H22N2. The Labute approximate surface area is 115 Å². The van der Waals surface area contributed by atoms with E-state index in [9.17, 15) is 0 Å². The Balaban J connectivity index is 1.90. The summed E-state index contributed by atoms with van der Waals surface area (Å²) < 4.78 is 0. The molecule has 0 aliphatic heterocycles. The molecule has 0 spiro atoms. The van der Waals surface area contributed by atoms with E-state index in [4.69, 9.17) is 0 Å². The number of hydrogen-bond acceptors (Lipinski definition) is 2. The molecule has 0 saturated carbocycles. The highest BCUT2D eigenvalue weighted by Crippen LogP contribution is 2.15. The molecule has 0 radical (unpaired) electrons. The molecule has 2 aromatic rings. The van der Waals surface area contributed by atoms with E-state index in [-0.39, 0.29) is 5.54 Å². The van der Waals surface area contributed by atoms with Crippen molar-refractivity contribution in [2.75, 3.05) is 0 Å². The molecule has 0 N–H and O–H groups in total. The number of rotatable bonds is 4. The minimum Gasteiger partial charge on any atom is -0.292 e. The van der Waals surface area contributed by atoms with Crippen LogP contribution in [0.3, 0.4) is 0 Å². The summed E-state index contributed by atoms with van der Waals surface area (Å²) in [7, 11) is 0. The molecule has 0 amide bonds. The van der Waals surface area contributed by atoms with Crippen LogP contribution in [0.25, 0.3) is 10.9 Å². The van der Waals surface area contributed by atoms with Crippen molar-refractivity contribution in [1.29, 1.82) is 0 Å². The largest absolute Gasteiger partial charge is 0.292 e. The topological polar surface area (TPSA) is 25.2 Å². The molecule has 1 aromatic carbocycles. The van der Waals surface area contributed by atoms with Crippen LogP contribution in [0.1, 0.15) is 39.2 Å². The van der Waals surface area contributed by atoms with Crippen molar-refractivity contribution < 1.29 is 0 Å². The van der Waals surface area contributed by atoms with Gasteiger partial charge in [0.15, 0.2) is 0 Å². The highest BCUT2D eigenvalue weighted by Gasteiger charge is 2.04. The zero-order valence-corrected chi connectivity index (χ0v) is 12.1. The van der Waals surface area contributed by atoms with Gasteiger partial charge in [0, 0.05) is 11.6 Å². The van der Waals surface area contributed by atoms with Crippen LogP contribution in [0, 0.1) is 0 Å². The van der Waals surface area contributed by atoms with Gasteiger partial charge in [0.1, 0.15) is 0 Å². The molecule has 0 aliphatic rings. The molecule has 0 unspecified atom stereocenters. The first-order chi connectivity index (χ1) is 9.04. The molecule has 0 aliphatic carbocycles. The smallest absolute Gasteiger partial charge is 0.0702 e. The van der Waals surface area contributed by atoms with E-state index in [1.807, 2.05) is 12.3 Å². The average molecular weight is 254 g/mol. The third-order valence-electron chi connectivity index (χ3n) is 2.94. The summed E-state index contributed by atoms with van der Waals surface area (Å²) >= 11 is 0. The fourth-order valence-electron chi connectivity index (χ4n) is 2.02. The lowest BCUT2D eigenvalue weighted by molar-refractivity contribution is 0.584. The molecule has 2 heteroatoms. The quantitative estimate of drug-likeness (QED) is 0.585. The van der Waals surface area contributed by atoms with Crippen LogP contribution < -0.4 is 0 Å².